The molecule has 6 heterocycles. The number of likely N-dealkylation sites (N-methyl/N-ethyl adjacent to an activating group) is 2. The molecular formula is C72H71Cl2N10NaO12S2. The monoisotopic (exact) mass is 1420 g/mol. The number of hydrogen-bond donors (Lipinski definition) is 0. The number of nitrogens with zero attached hydrogens (tertiary/aromatic N) is 10. The van der Waals surface area contributed by atoms with Gasteiger partial charge in [0.05, 0.1) is 33.2 Å². The van der Waals surface area contributed by atoms with Crippen LogP contribution in [0.4, 0.5) is 0 Å². The zero-order chi connectivity index (χ0) is 68.9. The summed E-state index contributed by atoms with van der Waals surface area (Å²) in [6, 6.07) is 39.3. The van der Waals surface area contributed by atoms with Gasteiger partial charge in [-0.1, -0.05) is 59.3 Å². The summed E-state index contributed by atoms with van der Waals surface area (Å²) < 4.78 is 74.6. The Morgan fingerprint density at radius 2 is 1.03 bits per heavy atom. The van der Waals surface area contributed by atoms with Gasteiger partial charge >= 0.3 is 35.5 Å². The number of isocyanates is 1. The molecule has 2 aliphatic heterocycles. The quantitative estimate of drug-likeness (QED) is 0.0376. The van der Waals surface area contributed by atoms with Crippen LogP contribution in [0.1, 0.15) is 122 Å². The number of benzene rings is 6. The number of fused-ring (bicyclic) bond motifs is 6. The molecule has 27 heteroatoms. The molecule has 0 bridgehead atoms. The van der Waals surface area contributed by atoms with Gasteiger partial charge in [-0.2, -0.15) is 8.42 Å². The van der Waals surface area contributed by atoms with E-state index in [-0.39, 0.29) is 81.8 Å². The van der Waals surface area contributed by atoms with Gasteiger partial charge in [-0.05, 0) is 221 Å². The molecule has 4 aromatic heterocycles. The Kier molecular flexibility index (Phi) is 21.4. The fraction of sp³-hybridized carbons (Fsp3) is 0.319. The summed E-state index contributed by atoms with van der Waals surface area (Å²) in [6.07, 6.45) is 8.14. The summed E-state index contributed by atoms with van der Waals surface area (Å²) in [5.41, 5.74) is 10.1. The van der Waals surface area contributed by atoms with E-state index < -0.39 is 31.6 Å². The molecule has 0 spiro atoms. The third-order valence-corrected chi connectivity index (χ3v) is 20.7. The number of aromatic nitrogens is 6. The minimum absolute atomic E-state index is 0. The first-order valence-corrected chi connectivity index (χ1v) is 35.0. The first-order valence-electron chi connectivity index (χ1n) is 31.3. The second kappa shape index (κ2) is 28.9. The molecule has 22 nitrogen and oxygen atoms in total. The smallest absolute Gasteiger partial charge is 0.542 e. The van der Waals surface area contributed by atoms with Crippen LogP contribution in [0.2, 0.25) is 10.0 Å². The number of halogens is 2. The molecular weight excluding hydrogens is 1350 g/mol. The SMILES string of the molecule is C.Cc1nnc(-c2ccc3c(c2)c2c(n3-c3ccc(CC4(CC(=O)OC(C)(C)C)CC4)cc3)C(=O)N(C)CC2)o1.Cc1nnc(-c2ccc3c(c2)c2c(n3-c3ccc(CC4(CC(=O)[N-]S(=O)(=O)c5ccc(Cl)cc5)CC4)cc3)C(=O)N(C)CC2)o1.O=C=NS(=O)(=O)c1ccc(Cl)cc1.[Na+]. The second-order valence-corrected chi connectivity index (χ2v) is 30.2. The number of hydrogen-bond acceptors (Lipinski definition) is 16. The average Bonchev–Trinajstić information content (AvgIpc) is 1.59. The van der Waals surface area contributed by atoms with Crippen LogP contribution in [-0.4, -0.2) is 119 Å². The average molecular weight is 1430 g/mol. The maximum Gasteiger partial charge on any atom is 1.00 e. The fourth-order valence-electron chi connectivity index (χ4n) is 12.5. The molecule has 0 saturated heterocycles. The van der Waals surface area contributed by atoms with Crippen molar-refractivity contribution in [1.29, 1.82) is 0 Å². The molecule has 0 N–H and O–H groups in total. The van der Waals surface area contributed by atoms with Crippen molar-refractivity contribution in [3.63, 3.8) is 0 Å². The summed E-state index contributed by atoms with van der Waals surface area (Å²) in [5, 5.41) is 19.1. The zero-order valence-electron chi connectivity index (χ0n) is 55.1. The molecule has 4 aliphatic rings. The molecule has 10 aromatic rings. The van der Waals surface area contributed by atoms with Crippen LogP contribution in [0, 0.1) is 24.7 Å². The van der Waals surface area contributed by atoms with Gasteiger partial charge in [-0.15, -0.1) is 20.4 Å². The van der Waals surface area contributed by atoms with E-state index in [1.54, 1.807) is 23.6 Å². The Bertz CT molecular complexity index is 5030. The summed E-state index contributed by atoms with van der Waals surface area (Å²) in [5.74, 6) is 1.10. The molecule has 508 valence electrons. The number of ether oxygens (including phenoxy) is 1. The van der Waals surface area contributed by atoms with Crippen molar-refractivity contribution in [2.24, 2.45) is 15.2 Å². The van der Waals surface area contributed by atoms with Gasteiger partial charge < -0.3 is 42.0 Å². The van der Waals surface area contributed by atoms with Crippen molar-refractivity contribution in [3.05, 3.63) is 194 Å². The molecule has 6 aromatic carbocycles. The number of esters is 1. The molecule has 0 atom stereocenters. The normalized spacial score (nSPS) is 15.0. The van der Waals surface area contributed by atoms with Gasteiger partial charge in [0.2, 0.25) is 23.6 Å². The third-order valence-electron chi connectivity index (χ3n) is 17.7. The molecule has 14 rings (SSSR count). The van der Waals surface area contributed by atoms with Crippen LogP contribution in [0.5, 0.6) is 0 Å². The van der Waals surface area contributed by atoms with E-state index in [1.807, 2.05) is 94.0 Å². The first-order chi connectivity index (χ1) is 46.1. The molecule has 0 unspecified atom stereocenters. The van der Waals surface area contributed by atoms with E-state index in [9.17, 15) is 40.8 Å². The van der Waals surface area contributed by atoms with Crippen LogP contribution in [-0.2, 0) is 64.9 Å². The molecule has 2 saturated carbocycles. The number of sulfonamides is 2. The van der Waals surface area contributed by atoms with Crippen LogP contribution >= 0.6 is 23.2 Å². The second-order valence-electron chi connectivity index (χ2n) is 26.1. The number of aryl methyl sites for hydroxylation is 2. The van der Waals surface area contributed by atoms with Crippen LogP contribution in [0.15, 0.2) is 156 Å². The molecule has 0 radical (unpaired) electrons. The number of amides is 3. The van der Waals surface area contributed by atoms with E-state index in [2.05, 4.69) is 64.4 Å². The van der Waals surface area contributed by atoms with E-state index in [0.29, 0.717) is 70.9 Å². The molecule has 2 aliphatic carbocycles. The van der Waals surface area contributed by atoms with Crippen molar-refractivity contribution in [3.8, 4) is 34.3 Å². The Morgan fingerprint density at radius 3 is 1.41 bits per heavy atom. The van der Waals surface area contributed by atoms with Crippen molar-refractivity contribution in [1.82, 2.24) is 39.3 Å². The topological polar surface area (TPSA) is 284 Å². The van der Waals surface area contributed by atoms with E-state index in [1.165, 1.54) is 54.1 Å². The maximum absolute atomic E-state index is 13.5. The summed E-state index contributed by atoms with van der Waals surface area (Å²) in [6.45, 7) is 10.5. The van der Waals surface area contributed by atoms with Crippen LogP contribution in [0.25, 0.3) is 60.8 Å². The summed E-state index contributed by atoms with van der Waals surface area (Å²) in [4.78, 5) is 65.3. The van der Waals surface area contributed by atoms with Gasteiger partial charge in [0, 0.05) is 84.4 Å². The number of carbonyl (C=O) groups excluding carboxylic acids is 5. The van der Waals surface area contributed by atoms with Crippen molar-refractivity contribution >= 4 is 94.8 Å². The fourth-order valence-corrected chi connectivity index (χ4v) is 14.4. The molecule has 99 heavy (non-hydrogen) atoms. The van der Waals surface area contributed by atoms with E-state index in [0.717, 1.165) is 112 Å². The predicted molar refractivity (Wildman–Crippen MR) is 370 cm³/mol. The summed E-state index contributed by atoms with van der Waals surface area (Å²) in [7, 11) is -4.33. The van der Waals surface area contributed by atoms with Gasteiger partial charge in [-0.25, -0.2) is 13.2 Å². The largest absolute Gasteiger partial charge is 1.00 e. The predicted octanol–water partition coefficient (Wildman–Crippen LogP) is 10.9. The number of rotatable bonds is 16. The summed E-state index contributed by atoms with van der Waals surface area (Å²) >= 11 is 11.4. The number of carbonyl (C=O) groups is 4. The van der Waals surface area contributed by atoms with Crippen molar-refractivity contribution in [2.45, 2.75) is 122 Å². The van der Waals surface area contributed by atoms with Crippen LogP contribution in [0.3, 0.4) is 0 Å². The van der Waals surface area contributed by atoms with Gasteiger partial charge in [0.25, 0.3) is 27.9 Å². The third kappa shape index (κ3) is 16.2. The Labute approximate surface area is 605 Å². The Balaban J connectivity index is 0.000000180. The maximum atomic E-state index is 13.5. The standard InChI is InChI=1S/C33H30ClN5O5S.C31H34N4O4.C7H4ClNO3S.CH4.Na/c1-20-35-36-31(44-20)22-5-12-28-27(17-22)26-13-16-38(2)32(41)30(26)39(28)24-8-3-21(4-9-24)18-33(14-15-33)19-29(40)37-45(42,43)25-10-6-23(34)7-11-25;1-19-32-33-28(38-19)21-8-11-25-24(16-21)23-12-15-34(5)29(37)27(23)35(25)22-9-6-20(7-10-22)17-31(13-14-31)18-26(36)39-30(2,3)4;8-6-1-3-7(4-2-6)13(11,12)9-5-10;;/h3-12,17H,13-16,18-19H2,1-2H3,(H,37,40);6-11,16H,12-15,17-18H2,1-5H3;1-4H;1H4;/q;;;;+1/p-1. The van der Waals surface area contributed by atoms with Gasteiger partial charge in [-0.3, -0.25) is 14.4 Å². The first kappa shape index (κ1) is 73.1. The Hall–Kier alpha value is -8.58. The van der Waals surface area contributed by atoms with E-state index in [4.69, 9.17) is 36.8 Å². The van der Waals surface area contributed by atoms with Crippen molar-refractivity contribution < 1.29 is 83.9 Å². The van der Waals surface area contributed by atoms with Crippen LogP contribution < -0.4 is 29.6 Å². The van der Waals surface area contributed by atoms with E-state index >= 15 is 0 Å². The zero-order valence-corrected chi connectivity index (χ0v) is 60.3. The minimum atomic E-state index is -4.10. The van der Waals surface area contributed by atoms with Gasteiger partial charge in [0.15, 0.2) is 0 Å². The molecule has 2 fully saturated rings. The Morgan fingerprint density at radius 1 is 0.616 bits per heavy atom. The van der Waals surface area contributed by atoms with Gasteiger partial charge in [0.1, 0.15) is 27.0 Å². The van der Waals surface area contributed by atoms with Crippen molar-refractivity contribution in [2.75, 3.05) is 27.2 Å². The molecule has 3 amide bonds. The minimum Gasteiger partial charge on any atom is -0.542 e.